The fraction of sp³-hybridized carbons (Fsp3) is 0.750. The van der Waals surface area contributed by atoms with Crippen LogP contribution in [0.4, 0.5) is 5.95 Å². The smallest absolute Gasteiger partial charge is 0.255 e. The van der Waals surface area contributed by atoms with E-state index in [1.807, 2.05) is 6.92 Å². The van der Waals surface area contributed by atoms with Crippen molar-refractivity contribution in [2.24, 2.45) is 5.92 Å². The molecular weight excluding hydrogens is 326 g/mol. The molecule has 26 heavy (non-hydrogen) atoms. The van der Waals surface area contributed by atoms with Gasteiger partial charge in [0.25, 0.3) is 5.91 Å². The third kappa shape index (κ3) is 4.72. The van der Waals surface area contributed by atoms with E-state index >= 15 is 0 Å². The van der Waals surface area contributed by atoms with Crippen LogP contribution in [0.5, 0.6) is 0 Å². The van der Waals surface area contributed by atoms with Crippen molar-refractivity contribution < 1.29 is 4.79 Å². The van der Waals surface area contributed by atoms with Crippen molar-refractivity contribution in [2.75, 3.05) is 37.6 Å². The van der Waals surface area contributed by atoms with Gasteiger partial charge in [0.1, 0.15) is 0 Å². The van der Waals surface area contributed by atoms with Crippen LogP contribution >= 0.6 is 0 Å². The van der Waals surface area contributed by atoms with Gasteiger partial charge in [-0.3, -0.25) is 4.79 Å². The molecular formula is C20H33N5O. The lowest BCUT2D eigenvalue weighted by molar-refractivity contribution is 0.0862. The SMILES string of the molecule is Cc1nc(N2CCCC2)ncc1C(=O)NC(C)(C)CN1CCC[C@@H](C)C1. The second-order valence-electron chi connectivity index (χ2n) is 8.68. The highest BCUT2D eigenvalue weighted by molar-refractivity contribution is 5.95. The number of aryl methyl sites for hydroxylation is 1. The van der Waals surface area contributed by atoms with Crippen LogP contribution in [0.2, 0.25) is 0 Å². The number of rotatable bonds is 5. The van der Waals surface area contributed by atoms with Gasteiger partial charge in [-0.15, -0.1) is 0 Å². The molecule has 6 heteroatoms. The summed E-state index contributed by atoms with van der Waals surface area (Å²) in [5, 5.41) is 3.19. The number of hydrogen-bond donors (Lipinski definition) is 1. The monoisotopic (exact) mass is 359 g/mol. The maximum Gasteiger partial charge on any atom is 0.255 e. The first-order valence-electron chi connectivity index (χ1n) is 9.97. The number of nitrogens with one attached hydrogen (secondary N) is 1. The number of hydrogen-bond acceptors (Lipinski definition) is 5. The topological polar surface area (TPSA) is 61.4 Å². The van der Waals surface area contributed by atoms with E-state index in [1.54, 1.807) is 6.20 Å². The zero-order chi connectivity index (χ0) is 18.7. The third-order valence-electron chi connectivity index (χ3n) is 5.41. The molecule has 0 saturated carbocycles. The fourth-order valence-electron chi connectivity index (χ4n) is 4.15. The highest BCUT2D eigenvalue weighted by Gasteiger charge is 2.28. The molecule has 1 N–H and O–H groups in total. The lowest BCUT2D eigenvalue weighted by atomic mass is 9.97. The van der Waals surface area contributed by atoms with Crippen molar-refractivity contribution in [1.82, 2.24) is 20.2 Å². The van der Waals surface area contributed by atoms with E-state index in [1.165, 1.54) is 25.7 Å². The summed E-state index contributed by atoms with van der Waals surface area (Å²) in [6.07, 6.45) is 6.62. The lowest BCUT2D eigenvalue weighted by Gasteiger charge is -2.37. The Balaban J connectivity index is 1.62. The van der Waals surface area contributed by atoms with Crippen LogP contribution in [0.1, 0.15) is 62.5 Å². The Morgan fingerprint density at radius 1 is 1.27 bits per heavy atom. The summed E-state index contributed by atoms with van der Waals surface area (Å²) in [4.78, 5) is 26.5. The van der Waals surface area contributed by atoms with Gasteiger partial charge in [0.2, 0.25) is 5.95 Å². The minimum atomic E-state index is -0.284. The Kier molecular flexibility index (Phi) is 5.80. The molecule has 0 spiro atoms. The van der Waals surface area contributed by atoms with E-state index in [2.05, 4.69) is 45.9 Å². The van der Waals surface area contributed by atoms with Gasteiger partial charge < -0.3 is 15.1 Å². The predicted octanol–water partition coefficient (Wildman–Crippen LogP) is 2.63. The van der Waals surface area contributed by atoms with Gasteiger partial charge in [-0.25, -0.2) is 9.97 Å². The molecule has 0 radical (unpaired) electrons. The molecule has 1 aromatic heterocycles. The molecule has 1 atom stereocenters. The van der Waals surface area contributed by atoms with Crippen LogP contribution < -0.4 is 10.2 Å². The molecule has 0 unspecified atom stereocenters. The Bertz CT molecular complexity index is 639. The first-order valence-corrected chi connectivity index (χ1v) is 9.97. The minimum absolute atomic E-state index is 0.0782. The molecule has 1 aromatic rings. The number of aromatic nitrogens is 2. The summed E-state index contributed by atoms with van der Waals surface area (Å²) in [7, 11) is 0. The van der Waals surface area contributed by atoms with Gasteiger partial charge >= 0.3 is 0 Å². The molecule has 1 amide bonds. The third-order valence-corrected chi connectivity index (χ3v) is 5.41. The van der Waals surface area contributed by atoms with Gasteiger partial charge in [0.05, 0.1) is 11.3 Å². The van der Waals surface area contributed by atoms with E-state index < -0.39 is 0 Å². The van der Waals surface area contributed by atoms with Gasteiger partial charge in [0, 0.05) is 37.9 Å². The quantitative estimate of drug-likeness (QED) is 0.876. The van der Waals surface area contributed by atoms with Crippen LogP contribution in [0.25, 0.3) is 0 Å². The van der Waals surface area contributed by atoms with Crippen molar-refractivity contribution in [3.05, 3.63) is 17.5 Å². The molecule has 2 saturated heterocycles. The van der Waals surface area contributed by atoms with Crippen molar-refractivity contribution >= 4 is 11.9 Å². The Labute approximate surface area is 157 Å². The fourth-order valence-corrected chi connectivity index (χ4v) is 4.15. The minimum Gasteiger partial charge on any atom is -0.346 e. The molecule has 3 heterocycles. The predicted molar refractivity (Wildman–Crippen MR) is 105 cm³/mol. The summed E-state index contributed by atoms with van der Waals surface area (Å²) in [6.45, 7) is 13.5. The summed E-state index contributed by atoms with van der Waals surface area (Å²) in [5.74, 6) is 1.41. The second kappa shape index (κ2) is 7.91. The highest BCUT2D eigenvalue weighted by atomic mass is 16.1. The summed E-state index contributed by atoms with van der Waals surface area (Å²) < 4.78 is 0. The molecule has 3 rings (SSSR count). The molecule has 2 aliphatic rings. The normalized spacial score (nSPS) is 21.8. The van der Waals surface area contributed by atoms with Crippen LogP contribution in [0.15, 0.2) is 6.20 Å². The molecule has 6 nitrogen and oxygen atoms in total. The van der Waals surface area contributed by atoms with Gasteiger partial charge in [-0.2, -0.15) is 0 Å². The summed E-state index contributed by atoms with van der Waals surface area (Å²) in [5.41, 5.74) is 1.05. The maximum absolute atomic E-state index is 12.8. The van der Waals surface area contributed by atoms with Crippen molar-refractivity contribution in [3.63, 3.8) is 0 Å². The Morgan fingerprint density at radius 2 is 2.00 bits per heavy atom. The first kappa shape index (κ1) is 19.1. The first-order chi connectivity index (χ1) is 12.3. The molecule has 0 aliphatic carbocycles. The maximum atomic E-state index is 12.8. The number of carbonyl (C=O) groups is 1. The zero-order valence-electron chi connectivity index (χ0n) is 16.7. The number of carbonyl (C=O) groups excluding carboxylic acids is 1. The van der Waals surface area contributed by atoms with Crippen LogP contribution in [0.3, 0.4) is 0 Å². The Morgan fingerprint density at radius 3 is 2.65 bits per heavy atom. The molecule has 144 valence electrons. The number of anilines is 1. The average Bonchev–Trinajstić information content (AvgIpc) is 3.08. The van der Waals surface area contributed by atoms with E-state index in [-0.39, 0.29) is 11.4 Å². The van der Waals surface area contributed by atoms with Gasteiger partial charge in [-0.05, 0) is 58.9 Å². The van der Waals surface area contributed by atoms with Crippen LogP contribution in [0, 0.1) is 12.8 Å². The van der Waals surface area contributed by atoms with Crippen LogP contribution in [-0.4, -0.2) is 59.0 Å². The Hall–Kier alpha value is -1.69. The van der Waals surface area contributed by atoms with E-state index in [0.717, 1.165) is 50.3 Å². The zero-order valence-corrected chi connectivity index (χ0v) is 16.7. The molecule has 0 aromatic carbocycles. The standard InChI is InChI=1S/C20H33N5O/c1-15-8-7-9-24(13-15)14-20(3,4)23-18(26)17-12-21-19(22-16(17)2)25-10-5-6-11-25/h12,15H,5-11,13-14H2,1-4H3,(H,23,26)/t15-/m1/s1. The lowest BCUT2D eigenvalue weighted by Crippen LogP contribution is -2.53. The number of nitrogens with zero attached hydrogens (tertiary/aromatic N) is 4. The molecule has 2 aliphatic heterocycles. The number of likely N-dealkylation sites (tertiary alicyclic amines) is 1. The van der Waals surface area contributed by atoms with E-state index in [4.69, 9.17) is 0 Å². The van der Waals surface area contributed by atoms with E-state index in [9.17, 15) is 4.79 Å². The van der Waals surface area contributed by atoms with Crippen molar-refractivity contribution in [1.29, 1.82) is 0 Å². The summed E-state index contributed by atoms with van der Waals surface area (Å²) >= 11 is 0. The van der Waals surface area contributed by atoms with Gasteiger partial charge in [-0.1, -0.05) is 6.92 Å². The highest BCUT2D eigenvalue weighted by Crippen LogP contribution is 2.19. The van der Waals surface area contributed by atoms with Crippen LogP contribution in [-0.2, 0) is 0 Å². The number of amides is 1. The molecule has 0 bridgehead atoms. The second-order valence-corrected chi connectivity index (χ2v) is 8.68. The van der Waals surface area contributed by atoms with Crippen molar-refractivity contribution in [2.45, 2.75) is 58.9 Å². The number of piperidine rings is 1. The van der Waals surface area contributed by atoms with Gasteiger partial charge in [0.15, 0.2) is 0 Å². The average molecular weight is 360 g/mol. The van der Waals surface area contributed by atoms with E-state index in [0.29, 0.717) is 5.56 Å². The summed E-state index contributed by atoms with van der Waals surface area (Å²) in [6, 6.07) is 0. The van der Waals surface area contributed by atoms with Crippen molar-refractivity contribution in [3.8, 4) is 0 Å². The molecule has 2 fully saturated rings. The largest absolute Gasteiger partial charge is 0.346 e.